The predicted octanol–water partition coefficient (Wildman–Crippen LogP) is 6.77. The lowest BCUT2D eigenvalue weighted by atomic mass is 9.79. The molecule has 0 aliphatic carbocycles. The van der Waals surface area contributed by atoms with Gasteiger partial charge in [0.15, 0.2) is 0 Å². The van der Waals surface area contributed by atoms with Gasteiger partial charge < -0.3 is 9.67 Å². The lowest BCUT2D eigenvalue weighted by Gasteiger charge is -2.31. The van der Waals surface area contributed by atoms with Gasteiger partial charge in [-0.15, -0.1) is 5.10 Å². The third-order valence-electron chi connectivity index (χ3n) is 6.64. The second-order valence-corrected chi connectivity index (χ2v) is 9.37. The van der Waals surface area contributed by atoms with Crippen LogP contribution < -0.4 is 0 Å². The fraction of sp³-hybridized carbons (Fsp3) is 0.241. The van der Waals surface area contributed by atoms with Gasteiger partial charge in [0.1, 0.15) is 5.52 Å². The molecule has 5 heteroatoms. The topological polar surface area (TPSA) is 55.9 Å². The lowest BCUT2D eigenvalue weighted by Crippen LogP contribution is -2.25. The van der Waals surface area contributed by atoms with Crippen molar-refractivity contribution >= 4 is 27.5 Å². The monoisotopic (exact) mass is 450 g/mol. The van der Waals surface area contributed by atoms with Crippen molar-refractivity contribution in [1.82, 2.24) is 19.6 Å². The molecule has 172 valence electrons. The smallest absolute Gasteiger partial charge is 0.113 e. The van der Waals surface area contributed by atoms with Crippen LogP contribution in [0.1, 0.15) is 37.4 Å². The summed E-state index contributed by atoms with van der Waals surface area (Å²) >= 11 is 0. The molecule has 0 saturated carbocycles. The number of nitrogens with zero attached hydrogens (tertiary/aromatic N) is 4. The van der Waals surface area contributed by atoms with E-state index in [0.717, 1.165) is 28.6 Å². The summed E-state index contributed by atoms with van der Waals surface area (Å²) in [6.07, 6.45) is 4.38. The zero-order valence-electron chi connectivity index (χ0n) is 19.8. The first-order valence-electron chi connectivity index (χ1n) is 11.8. The number of aromatic nitrogens is 4. The molecule has 2 unspecified atom stereocenters. The van der Waals surface area contributed by atoms with Crippen LogP contribution in [0, 0.1) is 11.8 Å². The van der Waals surface area contributed by atoms with Crippen molar-refractivity contribution in [3.63, 3.8) is 0 Å². The minimum atomic E-state index is -0.153. The largest absolute Gasteiger partial charge is 0.515 e. The van der Waals surface area contributed by atoms with Crippen LogP contribution in [0.15, 0.2) is 91.3 Å². The lowest BCUT2D eigenvalue weighted by molar-refractivity contribution is 0.358. The van der Waals surface area contributed by atoms with Crippen molar-refractivity contribution in [2.24, 2.45) is 18.9 Å². The molecule has 0 aliphatic rings. The average molecular weight is 451 g/mol. The molecule has 3 aromatic carbocycles. The fourth-order valence-electron chi connectivity index (χ4n) is 5.17. The maximum atomic E-state index is 10.6. The number of hydrogen-bond acceptors (Lipinski definition) is 3. The number of benzene rings is 3. The van der Waals surface area contributed by atoms with Gasteiger partial charge in [0.2, 0.25) is 0 Å². The van der Waals surface area contributed by atoms with E-state index in [4.69, 9.17) is 0 Å². The van der Waals surface area contributed by atoms with Crippen molar-refractivity contribution in [3.8, 4) is 0 Å². The molecule has 5 aromatic rings. The molecular weight excluding hydrogens is 420 g/mol. The molecule has 5 nitrogen and oxygen atoms in total. The minimum absolute atomic E-state index is 0.0247. The summed E-state index contributed by atoms with van der Waals surface area (Å²) in [5, 5.41) is 20.9. The molecule has 0 bridgehead atoms. The van der Waals surface area contributed by atoms with E-state index in [1.165, 1.54) is 22.7 Å². The normalized spacial score (nSPS) is 14.2. The van der Waals surface area contributed by atoms with Crippen LogP contribution in [0.5, 0.6) is 0 Å². The van der Waals surface area contributed by atoms with Gasteiger partial charge in [0, 0.05) is 35.6 Å². The Hall–Kier alpha value is -3.86. The standard InChI is InChI=1S/C29H30N4O/c1-20(2)17-23(25(19-34)21-11-5-4-6-12-21)29(33-28-16-10-8-14-26(28)30-31-33)24-18-32(3)27-15-9-7-13-22(24)27/h4-16,18-20,23,29,34H,17H2,1-3H3/b25-19-. The number of fused-ring (bicyclic) bond motifs is 2. The van der Waals surface area contributed by atoms with E-state index in [0.29, 0.717) is 5.92 Å². The minimum Gasteiger partial charge on any atom is -0.515 e. The summed E-state index contributed by atoms with van der Waals surface area (Å²) in [7, 11) is 2.08. The Balaban J connectivity index is 1.80. The first-order chi connectivity index (χ1) is 16.6. The highest BCUT2D eigenvalue weighted by atomic mass is 16.2. The highest BCUT2D eigenvalue weighted by Crippen LogP contribution is 2.43. The van der Waals surface area contributed by atoms with Gasteiger partial charge in [-0.05, 0) is 41.7 Å². The molecule has 0 amide bonds. The van der Waals surface area contributed by atoms with Gasteiger partial charge >= 0.3 is 0 Å². The average Bonchev–Trinajstić information content (AvgIpc) is 3.42. The Morgan fingerprint density at radius 1 is 0.912 bits per heavy atom. The third-order valence-corrected chi connectivity index (χ3v) is 6.64. The molecule has 34 heavy (non-hydrogen) atoms. The molecule has 0 saturated heterocycles. The molecule has 0 spiro atoms. The number of aliphatic hydroxyl groups excluding tert-OH is 1. The van der Waals surface area contributed by atoms with Gasteiger partial charge in [0.05, 0.1) is 17.8 Å². The van der Waals surface area contributed by atoms with E-state index >= 15 is 0 Å². The first kappa shape index (κ1) is 22.0. The maximum absolute atomic E-state index is 10.6. The number of para-hydroxylation sites is 2. The zero-order valence-corrected chi connectivity index (χ0v) is 19.8. The van der Waals surface area contributed by atoms with Crippen molar-refractivity contribution in [2.75, 3.05) is 0 Å². The molecule has 2 heterocycles. The summed E-state index contributed by atoms with van der Waals surface area (Å²) in [6, 6.07) is 26.6. The van der Waals surface area contributed by atoms with Crippen LogP contribution in [-0.2, 0) is 7.05 Å². The van der Waals surface area contributed by atoms with E-state index < -0.39 is 0 Å². The summed E-state index contributed by atoms with van der Waals surface area (Å²) in [6.45, 7) is 4.46. The third kappa shape index (κ3) is 3.87. The second kappa shape index (κ2) is 9.18. The quantitative estimate of drug-likeness (QED) is 0.278. The predicted molar refractivity (Wildman–Crippen MR) is 139 cm³/mol. The van der Waals surface area contributed by atoms with Crippen LogP contribution >= 0.6 is 0 Å². The highest BCUT2D eigenvalue weighted by molar-refractivity contribution is 5.85. The Morgan fingerprint density at radius 2 is 1.59 bits per heavy atom. The van der Waals surface area contributed by atoms with Crippen LogP contribution in [-0.4, -0.2) is 24.7 Å². The summed E-state index contributed by atoms with van der Waals surface area (Å²) in [5.41, 5.74) is 6.13. The van der Waals surface area contributed by atoms with Gasteiger partial charge in [-0.2, -0.15) is 0 Å². The van der Waals surface area contributed by atoms with Crippen LogP contribution in [0.25, 0.3) is 27.5 Å². The van der Waals surface area contributed by atoms with E-state index in [9.17, 15) is 5.11 Å². The molecular formula is C29H30N4O. The van der Waals surface area contributed by atoms with Crippen molar-refractivity contribution in [3.05, 3.63) is 102 Å². The van der Waals surface area contributed by atoms with Crippen LogP contribution in [0.2, 0.25) is 0 Å². The summed E-state index contributed by atoms with van der Waals surface area (Å²) in [4.78, 5) is 0. The van der Waals surface area contributed by atoms with Crippen molar-refractivity contribution in [1.29, 1.82) is 0 Å². The molecule has 2 atom stereocenters. The molecule has 5 rings (SSSR count). The van der Waals surface area contributed by atoms with Crippen LogP contribution in [0.4, 0.5) is 0 Å². The van der Waals surface area contributed by atoms with Crippen molar-refractivity contribution in [2.45, 2.75) is 26.3 Å². The molecule has 2 aromatic heterocycles. The van der Waals surface area contributed by atoms with Crippen LogP contribution in [0.3, 0.4) is 0 Å². The summed E-state index contributed by atoms with van der Waals surface area (Å²) in [5.74, 6) is 0.388. The molecule has 0 aliphatic heterocycles. The van der Waals surface area contributed by atoms with Gasteiger partial charge in [0.25, 0.3) is 0 Å². The SMILES string of the molecule is CC(C)CC(/C(=C\O)c1ccccc1)C(c1cn(C)c2ccccc12)n1nnc2ccccc21. The highest BCUT2D eigenvalue weighted by Gasteiger charge is 2.33. The fourth-order valence-corrected chi connectivity index (χ4v) is 5.17. The zero-order chi connectivity index (χ0) is 23.7. The second-order valence-electron chi connectivity index (χ2n) is 9.37. The van der Waals surface area contributed by atoms with Gasteiger partial charge in [-0.25, -0.2) is 4.68 Å². The number of rotatable bonds is 7. The van der Waals surface area contributed by atoms with E-state index in [-0.39, 0.29) is 12.0 Å². The van der Waals surface area contributed by atoms with E-state index in [1.54, 1.807) is 0 Å². The maximum Gasteiger partial charge on any atom is 0.113 e. The Bertz CT molecular complexity index is 1450. The number of aliphatic hydroxyl groups is 1. The van der Waals surface area contributed by atoms with Crippen molar-refractivity contribution < 1.29 is 5.11 Å². The molecule has 0 radical (unpaired) electrons. The number of aryl methyl sites for hydroxylation is 1. The Labute approximate surface area is 200 Å². The number of hydrogen-bond donors (Lipinski definition) is 1. The summed E-state index contributed by atoms with van der Waals surface area (Å²) < 4.78 is 4.23. The number of allylic oxidation sites excluding steroid dienone is 1. The Morgan fingerprint density at radius 3 is 2.32 bits per heavy atom. The van der Waals surface area contributed by atoms with Gasteiger partial charge in [-0.1, -0.05) is 79.7 Å². The first-order valence-corrected chi connectivity index (χ1v) is 11.8. The molecule has 1 N–H and O–H groups in total. The molecule has 0 fully saturated rings. The van der Waals surface area contributed by atoms with E-state index in [2.05, 4.69) is 89.1 Å². The Kier molecular flexibility index (Phi) is 5.93. The van der Waals surface area contributed by atoms with Gasteiger partial charge in [-0.3, -0.25) is 0 Å². The van der Waals surface area contributed by atoms with E-state index in [1.807, 2.05) is 36.4 Å².